The van der Waals surface area contributed by atoms with Crippen LogP contribution in [0.3, 0.4) is 0 Å². The van der Waals surface area contributed by atoms with E-state index in [1.807, 2.05) is 6.20 Å². The number of nitrogens with zero attached hydrogens (tertiary/aromatic N) is 2. The molecule has 17 heavy (non-hydrogen) atoms. The second kappa shape index (κ2) is 4.68. The molecule has 3 rings (SSSR count). The summed E-state index contributed by atoms with van der Waals surface area (Å²) in [5.74, 6) is 0. The number of hydrogen-bond acceptors (Lipinski definition) is 4. The van der Waals surface area contributed by atoms with E-state index in [-0.39, 0.29) is 0 Å². The van der Waals surface area contributed by atoms with E-state index < -0.39 is 9.15 Å². The van der Waals surface area contributed by atoms with Crippen molar-refractivity contribution in [1.82, 2.24) is 9.29 Å². The highest BCUT2D eigenvalue weighted by molar-refractivity contribution is 9.08. The first-order valence-electron chi connectivity index (χ1n) is 6.03. The van der Waals surface area contributed by atoms with Crippen LogP contribution in [-0.2, 0) is 12.8 Å². The van der Waals surface area contributed by atoms with Gasteiger partial charge in [-0.3, -0.25) is 9.29 Å². The van der Waals surface area contributed by atoms with E-state index in [0.717, 1.165) is 13.1 Å². The highest BCUT2D eigenvalue weighted by Gasteiger charge is 2.40. The summed E-state index contributed by atoms with van der Waals surface area (Å²) in [6.45, 7) is 2.31. The van der Waals surface area contributed by atoms with E-state index in [2.05, 4.69) is 44.9 Å². The highest BCUT2D eigenvalue weighted by atomic mass is 33.5. The maximum absolute atomic E-state index is 4.47. The largest absolute Gasteiger partial charge is 0.264 e. The molecule has 2 aliphatic rings. The molecule has 0 aromatic carbocycles. The van der Waals surface area contributed by atoms with Gasteiger partial charge < -0.3 is 0 Å². The third-order valence-electron chi connectivity index (χ3n) is 4.19. The van der Waals surface area contributed by atoms with Gasteiger partial charge in [0, 0.05) is 25.5 Å². The molecule has 1 spiro atoms. The van der Waals surface area contributed by atoms with Crippen molar-refractivity contribution in [1.29, 1.82) is 0 Å². The predicted octanol–water partition coefficient (Wildman–Crippen LogP) is 2.87. The Morgan fingerprint density at radius 3 is 2.53 bits per heavy atom. The maximum atomic E-state index is 4.47. The normalized spacial score (nSPS) is 23.8. The number of hydrogen-bond donors (Lipinski definition) is 3. The molecule has 1 aliphatic heterocycles. The Kier molecular flexibility index (Phi) is 3.36. The van der Waals surface area contributed by atoms with Crippen molar-refractivity contribution < 1.29 is 0 Å². The van der Waals surface area contributed by atoms with Crippen molar-refractivity contribution in [3.8, 4) is 0 Å². The Morgan fingerprint density at radius 2 is 1.88 bits per heavy atom. The average molecular weight is 286 g/mol. The zero-order valence-electron chi connectivity index (χ0n) is 9.71. The topological polar surface area (TPSA) is 16.1 Å². The second-order valence-electron chi connectivity index (χ2n) is 5.22. The number of rotatable bonds is 1. The molecular weight excluding hydrogens is 268 g/mol. The Hall–Kier alpha value is 0.160. The molecule has 2 heterocycles. The van der Waals surface area contributed by atoms with Crippen LogP contribution in [0.2, 0.25) is 0 Å². The van der Waals surface area contributed by atoms with E-state index in [4.69, 9.17) is 0 Å². The predicted molar refractivity (Wildman–Crippen MR) is 81.8 cm³/mol. The molecule has 0 amide bonds. The van der Waals surface area contributed by atoms with Crippen LogP contribution in [0.25, 0.3) is 0 Å². The molecule has 5 heteroatoms. The van der Waals surface area contributed by atoms with Crippen molar-refractivity contribution in [2.45, 2.75) is 25.7 Å². The summed E-state index contributed by atoms with van der Waals surface area (Å²) in [4.78, 5) is 4.25. The molecule has 94 valence electrons. The lowest BCUT2D eigenvalue weighted by molar-refractivity contribution is 0.172. The minimum atomic E-state index is -0.498. The van der Waals surface area contributed by atoms with Gasteiger partial charge in [0.05, 0.1) is 0 Å². The van der Waals surface area contributed by atoms with E-state index >= 15 is 0 Å². The summed E-state index contributed by atoms with van der Waals surface area (Å²) in [6, 6.07) is 2.20. The van der Waals surface area contributed by atoms with Gasteiger partial charge in [0.2, 0.25) is 0 Å². The minimum Gasteiger partial charge on any atom is -0.264 e. The van der Waals surface area contributed by atoms with Gasteiger partial charge in [0.1, 0.15) is 0 Å². The van der Waals surface area contributed by atoms with Crippen LogP contribution in [0.4, 0.5) is 0 Å². The van der Waals surface area contributed by atoms with Gasteiger partial charge in [-0.1, -0.05) is 0 Å². The fraction of sp³-hybridized carbons (Fsp3) is 0.583. The Morgan fingerprint density at radius 1 is 1.18 bits per heavy atom. The molecule has 0 unspecified atom stereocenters. The van der Waals surface area contributed by atoms with Crippen molar-refractivity contribution >= 4 is 32.5 Å². The van der Waals surface area contributed by atoms with Crippen LogP contribution in [0.1, 0.15) is 24.0 Å². The first-order chi connectivity index (χ1) is 8.19. The molecule has 0 radical (unpaired) electrons. The summed E-state index contributed by atoms with van der Waals surface area (Å²) in [6.07, 6.45) is 9.01. The lowest BCUT2D eigenvalue weighted by atomic mass is 9.76. The standard InChI is InChI=1S/C12H18N2S3/c15-17(16)14-5-2-12(3-6-14)7-10-1-4-13-9-11(10)8-12/h1,4,9,15-17H,2-3,5-8H2. The molecule has 1 aromatic rings. The lowest BCUT2D eigenvalue weighted by Gasteiger charge is -2.41. The van der Waals surface area contributed by atoms with Crippen molar-refractivity contribution in [2.75, 3.05) is 13.1 Å². The van der Waals surface area contributed by atoms with E-state index in [9.17, 15) is 0 Å². The molecule has 0 saturated carbocycles. The van der Waals surface area contributed by atoms with Crippen LogP contribution in [0, 0.1) is 5.41 Å². The van der Waals surface area contributed by atoms with Gasteiger partial charge in [0.15, 0.2) is 0 Å². The molecule has 0 atom stereocenters. The summed E-state index contributed by atoms with van der Waals surface area (Å²) in [7, 11) is -0.498. The van der Waals surface area contributed by atoms with Crippen molar-refractivity contribution in [2.24, 2.45) is 5.41 Å². The number of piperidine rings is 1. The molecular formula is C12H18N2S3. The quantitative estimate of drug-likeness (QED) is 0.544. The molecule has 0 bridgehead atoms. The van der Waals surface area contributed by atoms with E-state index in [0.29, 0.717) is 5.41 Å². The van der Waals surface area contributed by atoms with Gasteiger partial charge in [0.25, 0.3) is 0 Å². The number of fused-ring (bicyclic) bond motifs is 1. The molecule has 1 fully saturated rings. The Bertz CT molecular complexity index is 387. The number of thiol groups is 3. The first kappa shape index (κ1) is 12.2. The molecule has 1 aromatic heterocycles. The summed E-state index contributed by atoms with van der Waals surface area (Å²) in [5.41, 5.74) is 3.50. The fourth-order valence-electron chi connectivity index (χ4n) is 3.16. The van der Waals surface area contributed by atoms with E-state index in [1.165, 1.54) is 36.8 Å². The van der Waals surface area contributed by atoms with Crippen LogP contribution in [-0.4, -0.2) is 22.4 Å². The van der Waals surface area contributed by atoms with Gasteiger partial charge >= 0.3 is 0 Å². The molecule has 0 N–H and O–H groups in total. The van der Waals surface area contributed by atoms with Gasteiger partial charge in [-0.2, -0.15) is 0 Å². The third-order valence-corrected chi connectivity index (χ3v) is 6.61. The molecule has 1 aliphatic carbocycles. The van der Waals surface area contributed by atoms with Crippen LogP contribution in [0.5, 0.6) is 0 Å². The van der Waals surface area contributed by atoms with Crippen LogP contribution >= 0.6 is 32.5 Å². The van der Waals surface area contributed by atoms with Gasteiger partial charge in [-0.05, 0) is 48.3 Å². The number of pyridine rings is 1. The van der Waals surface area contributed by atoms with Crippen LogP contribution < -0.4 is 0 Å². The van der Waals surface area contributed by atoms with Crippen LogP contribution in [0.15, 0.2) is 18.5 Å². The van der Waals surface area contributed by atoms with Crippen molar-refractivity contribution in [3.63, 3.8) is 0 Å². The summed E-state index contributed by atoms with van der Waals surface area (Å²) in [5, 5.41) is 0. The SMILES string of the molecule is S[SH](S)N1CCC2(CC1)Cc1ccncc1C2. The molecule has 2 nitrogen and oxygen atoms in total. The lowest BCUT2D eigenvalue weighted by Crippen LogP contribution is -2.37. The maximum Gasteiger partial charge on any atom is 0.0302 e. The fourth-order valence-corrected chi connectivity index (χ4v) is 4.79. The Balaban J connectivity index is 1.72. The zero-order valence-corrected chi connectivity index (χ0v) is 12.4. The second-order valence-corrected chi connectivity index (χ2v) is 9.54. The summed E-state index contributed by atoms with van der Waals surface area (Å²) < 4.78 is 2.41. The summed E-state index contributed by atoms with van der Waals surface area (Å²) >= 11 is 8.93. The van der Waals surface area contributed by atoms with Gasteiger partial charge in [-0.15, -0.1) is 32.5 Å². The monoisotopic (exact) mass is 286 g/mol. The first-order valence-corrected chi connectivity index (χ1v) is 9.63. The smallest absolute Gasteiger partial charge is 0.0302 e. The molecule has 1 saturated heterocycles. The third kappa shape index (κ3) is 2.35. The average Bonchev–Trinajstić information content (AvgIpc) is 2.67. The van der Waals surface area contributed by atoms with Gasteiger partial charge in [-0.25, -0.2) is 0 Å². The Labute approximate surface area is 115 Å². The van der Waals surface area contributed by atoms with Crippen molar-refractivity contribution in [3.05, 3.63) is 29.6 Å². The highest BCUT2D eigenvalue weighted by Crippen LogP contribution is 2.49. The number of aromatic nitrogens is 1. The minimum absolute atomic E-state index is 0.498. The van der Waals surface area contributed by atoms with E-state index in [1.54, 1.807) is 0 Å². The zero-order chi connectivity index (χ0) is 11.9.